The van der Waals surface area contributed by atoms with Crippen LogP contribution in [0.15, 0.2) is 45.7 Å². The van der Waals surface area contributed by atoms with E-state index in [0.717, 1.165) is 21.2 Å². The number of hydrogen-bond donors (Lipinski definition) is 0. The minimum Gasteiger partial charge on any atom is -0.310 e. The number of rotatable bonds is 3. The fraction of sp³-hybridized carbons (Fsp3) is 0.0667. The normalized spacial score (nSPS) is 12.0. The van der Waals surface area contributed by atoms with Crippen molar-refractivity contribution in [2.45, 2.75) is 6.54 Å². The molecule has 0 aliphatic heterocycles. The molecule has 118 valence electrons. The van der Waals surface area contributed by atoms with E-state index in [0.29, 0.717) is 14.4 Å². The maximum absolute atomic E-state index is 14.1. The van der Waals surface area contributed by atoms with Crippen LogP contribution in [0.25, 0.3) is 10.2 Å². The highest BCUT2D eigenvalue weighted by molar-refractivity contribution is 9.11. The van der Waals surface area contributed by atoms with Gasteiger partial charge in [0.1, 0.15) is 5.82 Å². The number of carbonyl (C=O) groups is 1. The first-order valence-corrected chi connectivity index (χ1v) is 8.86. The zero-order chi connectivity index (χ0) is 16.6. The number of benzene rings is 1. The van der Waals surface area contributed by atoms with Gasteiger partial charge < -0.3 is 4.57 Å². The molecule has 0 saturated heterocycles. The van der Waals surface area contributed by atoms with Crippen LogP contribution in [-0.4, -0.2) is 10.5 Å². The lowest BCUT2D eigenvalue weighted by atomic mass is 10.3. The van der Waals surface area contributed by atoms with Crippen molar-refractivity contribution in [2.24, 2.45) is 4.99 Å². The summed E-state index contributed by atoms with van der Waals surface area (Å²) in [5.74, 6) is -1.78. The van der Waals surface area contributed by atoms with Gasteiger partial charge in [0.25, 0.3) is 5.91 Å². The van der Waals surface area contributed by atoms with Crippen LogP contribution in [0.2, 0.25) is 0 Å². The number of thiazole rings is 1. The lowest BCUT2D eigenvalue weighted by Gasteiger charge is -2.02. The quantitative estimate of drug-likeness (QED) is 0.570. The summed E-state index contributed by atoms with van der Waals surface area (Å²) in [5.41, 5.74) is 0.218. The summed E-state index contributed by atoms with van der Waals surface area (Å²) in [7, 11) is 0. The number of aromatic nitrogens is 1. The first-order chi connectivity index (χ1) is 11.0. The molecule has 0 radical (unpaired) electrons. The van der Waals surface area contributed by atoms with Crippen molar-refractivity contribution in [3.8, 4) is 0 Å². The Hall–Kier alpha value is -1.64. The summed E-state index contributed by atoms with van der Waals surface area (Å²) >= 11 is 5.61. The number of amides is 1. The van der Waals surface area contributed by atoms with E-state index in [1.807, 2.05) is 0 Å². The Morgan fingerprint density at radius 1 is 1.35 bits per heavy atom. The molecule has 3 rings (SSSR count). The van der Waals surface area contributed by atoms with E-state index >= 15 is 0 Å². The molecule has 3 nitrogen and oxygen atoms in total. The van der Waals surface area contributed by atoms with Gasteiger partial charge in [0.2, 0.25) is 0 Å². The smallest absolute Gasteiger partial charge is 0.289 e. The van der Waals surface area contributed by atoms with Crippen molar-refractivity contribution in [1.82, 2.24) is 4.57 Å². The van der Waals surface area contributed by atoms with Gasteiger partial charge in [0.05, 0.1) is 18.9 Å². The van der Waals surface area contributed by atoms with E-state index in [4.69, 9.17) is 0 Å². The summed E-state index contributed by atoms with van der Waals surface area (Å²) in [6.07, 6.45) is 1.57. The van der Waals surface area contributed by atoms with Crippen LogP contribution in [0.5, 0.6) is 0 Å². The molecule has 23 heavy (non-hydrogen) atoms. The molecule has 0 fully saturated rings. The highest BCUT2D eigenvalue weighted by Gasteiger charge is 2.14. The first-order valence-electron chi connectivity index (χ1n) is 6.43. The highest BCUT2D eigenvalue weighted by atomic mass is 79.9. The molecule has 0 aliphatic carbocycles. The second-order valence-corrected chi connectivity index (χ2v) is 8.01. The van der Waals surface area contributed by atoms with E-state index in [9.17, 15) is 13.6 Å². The molecule has 0 N–H and O–H groups in total. The van der Waals surface area contributed by atoms with Gasteiger partial charge in [0, 0.05) is 12.6 Å². The van der Waals surface area contributed by atoms with Gasteiger partial charge in [-0.3, -0.25) is 4.79 Å². The van der Waals surface area contributed by atoms with Crippen molar-refractivity contribution >= 4 is 54.7 Å². The zero-order valence-corrected chi connectivity index (χ0v) is 14.8. The van der Waals surface area contributed by atoms with E-state index in [1.54, 1.807) is 18.2 Å². The fourth-order valence-corrected chi connectivity index (χ4v) is 4.43. The molecule has 0 bridgehead atoms. The van der Waals surface area contributed by atoms with Crippen molar-refractivity contribution in [2.75, 3.05) is 0 Å². The summed E-state index contributed by atoms with van der Waals surface area (Å²) in [4.78, 5) is 17.1. The number of hydrogen-bond acceptors (Lipinski definition) is 3. The number of carbonyl (C=O) groups excluding carboxylic acids is 1. The Morgan fingerprint density at radius 2 is 2.13 bits per heavy atom. The SMILES string of the molecule is C=CCn1c(=NC(=O)c2ccc(Br)s2)sc2cc(F)cc(F)c21. The minimum absolute atomic E-state index is 0.218. The van der Waals surface area contributed by atoms with Crippen LogP contribution in [0.4, 0.5) is 8.78 Å². The second-order valence-electron chi connectivity index (χ2n) is 4.54. The Balaban J connectivity index is 2.22. The topological polar surface area (TPSA) is 34.4 Å². The highest BCUT2D eigenvalue weighted by Crippen LogP contribution is 2.24. The van der Waals surface area contributed by atoms with Crippen molar-refractivity contribution in [1.29, 1.82) is 0 Å². The van der Waals surface area contributed by atoms with Gasteiger partial charge in [0.15, 0.2) is 10.6 Å². The van der Waals surface area contributed by atoms with Gasteiger partial charge in [-0.25, -0.2) is 8.78 Å². The van der Waals surface area contributed by atoms with E-state index in [2.05, 4.69) is 27.5 Å². The van der Waals surface area contributed by atoms with Gasteiger partial charge in [-0.05, 0) is 34.1 Å². The Labute approximate surface area is 146 Å². The molecular weight excluding hydrogens is 406 g/mol. The summed E-state index contributed by atoms with van der Waals surface area (Å²) in [5, 5.41) is 0. The third kappa shape index (κ3) is 3.19. The van der Waals surface area contributed by atoms with Gasteiger partial charge in [-0.2, -0.15) is 4.99 Å². The number of nitrogens with zero attached hydrogens (tertiary/aromatic N) is 2. The summed E-state index contributed by atoms with van der Waals surface area (Å²) < 4.78 is 30.2. The molecule has 0 unspecified atom stereocenters. The average molecular weight is 415 g/mol. The third-order valence-electron chi connectivity index (χ3n) is 2.99. The predicted molar refractivity (Wildman–Crippen MR) is 91.8 cm³/mol. The van der Waals surface area contributed by atoms with E-state index < -0.39 is 17.5 Å². The molecule has 0 atom stereocenters. The fourth-order valence-electron chi connectivity index (χ4n) is 2.08. The maximum Gasteiger partial charge on any atom is 0.289 e. The average Bonchev–Trinajstić information content (AvgIpc) is 3.04. The van der Waals surface area contributed by atoms with Crippen LogP contribution in [0.3, 0.4) is 0 Å². The predicted octanol–water partition coefficient (Wildman–Crippen LogP) is 4.73. The molecule has 8 heteroatoms. The molecule has 1 amide bonds. The molecule has 0 spiro atoms. The molecular formula is C15H9BrF2N2OS2. The molecule has 2 aromatic heterocycles. The number of fused-ring (bicyclic) bond motifs is 1. The van der Waals surface area contributed by atoms with Gasteiger partial charge in [-0.1, -0.05) is 17.4 Å². The number of thiophene rings is 1. The van der Waals surface area contributed by atoms with Crippen LogP contribution in [0, 0.1) is 11.6 Å². The standard InChI is InChI=1S/C15H9BrF2N2OS2/c1-2-5-20-13-9(18)6-8(17)7-11(13)23-15(20)19-14(21)10-3-4-12(16)22-10/h2-4,6-7H,1,5H2. The van der Waals surface area contributed by atoms with Crippen LogP contribution in [0.1, 0.15) is 9.67 Å². The Bertz CT molecular complexity index is 987. The molecule has 0 saturated carbocycles. The summed E-state index contributed by atoms with van der Waals surface area (Å²) in [6.45, 7) is 3.89. The molecule has 0 aliphatic rings. The Morgan fingerprint density at radius 3 is 2.78 bits per heavy atom. The Kier molecular flexibility index (Phi) is 4.56. The second kappa shape index (κ2) is 6.46. The summed E-state index contributed by atoms with van der Waals surface area (Å²) in [6, 6.07) is 5.46. The van der Waals surface area contributed by atoms with E-state index in [-0.39, 0.29) is 12.1 Å². The van der Waals surface area contributed by atoms with Crippen LogP contribution >= 0.6 is 38.6 Å². The lowest BCUT2D eigenvalue weighted by Crippen LogP contribution is -2.16. The van der Waals surface area contributed by atoms with Crippen LogP contribution < -0.4 is 4.80 Å². The molecule has 2 heterocycles. The van der Waals surface area contributed by atoms with E-state index in [1.165, 1.54) is 22.0 Å². The van der Waals surface area contributed by atoms with Crippen molar-refractivity contribution in [3.63, 3.8) is 0 Å². The zero-order valence-electron chi connectivity index (χ0n) is 11.6. The third-order valence-corrected chi connectivity index (χ3v) is 5.63. The van der Waals surface area contributed by atoms with Gasteiger partial charge in [-0.15, -0.1) is 17.9 Å². The van der Waals surface area contributed by atoms with Crippen LogP contribution in [-0.2, 0) is 6.54 Å². The first kappa shape index (κ1) is 16.2. The number of halogens is 3. The monoisotopic (exact) mass is 414 g/mol. The number of allylic oxidation sites excluding steroid dienone is 1. The maximum atomic E-state index is 14.1. The molecule has 3 aromatic rings. The lowest BCUT2D eigenvalue weighted by molar-refractivity contribution is 0.100. The largest absolute Gasteiger partial charge is 0.310 e. The van der Waals surface area contributed by atoms with Crippen molar-refractivity contribution < 1.29 is 13.6 Å². The van der Waals surface area contributed by atoms with Crippen molar-refractivity contribution in [3.05, 3.63) is 62.0 Å². The minimum atomic E-state index is -0.689. The van der Waals surface area contributed by atoms with Gasteiger partial charge >= 0.3 is 0 Å². The molecule has 1 aromatic carbocycles.